The van der Waals surface area contributed by atoms with E-state index in [1.807, 2.05) is 0 Å². The fourth-order valence-electron chi connectivity index (χ4n) is 4.12. The predicted octanol–water partition coefficient (Wildman–Crippen LogP) is -0.0465. The van der Waals surface area contributed by atoms with E-state index in [1.54, 1.807) is 13.8 Å². The van der Waals surface area contributed by atoms with Gasteiger partial charge in [0.15, 0.2) is 0 Å². The normalized spacial score (nSPS) is 15.4. The Hall–Kier alpha value is -2.25. The Morgan fingerprint density at radius 1 is 1.06 bits per heavy atom. The van der Waals surface area contributed by atoms with Crippen LogP contribution < -0.4 is 29.6 Å². The van der Waals surface area contributed by atoms with Crippen molar-refractivity contribution in [3.8, 4) is 0 Å². The molecular weight excluding hydrogens is 491 g/mol. The van der Waals surface area contributed by atoms with Crippen molar-refractivity contribution in [1.29, 1.82) is 0 Å². The van der Waals surface area contributed by atoms with Gasteiger partial charge in [-0.15, -0.1) is 0 Å². The number of esters is 2. The Labute approximate surface area is 226 Å². The quantitative estimate of drug-likeness (QED) is 0.143. The van der Waals surface area contributed by atoms with Crippen LogP contribution in [0, 0.1) is 10.1 Å². The number of nitrogens with zero attached hydrogens (tertiary/aromatic N) is 2. The standard InChI is InChI=1S/C22H28N2O9S.Na/c1-6-17(34(29,30)31)23-13(4)18(21(25)32-7-2)20(19(14(23)5)22(26)33-8-3)15-10-9-11-16(12-15)24(27)28;/h9-12,17,20H,6-8H2,1-5H3,(H,29,30,31);/q;+1/p-1. The molecule has 0 fully saturated rings. The van der Waals surface area contributed by atoms with Crippen molar-refractivity contribution >= 4 is 27.7 Å². The van der Waals surface area contributed by atoms with E-state index in [1.165, 1.54) is 45.0 Å². The first kappa shape index (κ1) is 30.8. The van der Waals surface area contributed by atoms with E-state index in [4.69, 9.17) is 9.47 Å². The summed E-state index contributed by atoms with van der Waals surface area (Å²) >= 11 is 0. The van der Waals surface area contributed by atoms with Crippen LogP contribution in [-0.2, 0) is 29.2 Å². The number of nitro benzene ring substituents is 1. The molecule has 2 rings (SSSR count). The molecule has 0 bridgehead atoms. The largest absolute Gasteiger partial charge is 1.00 e. The second-order valence-corrected chi connectivity index (χ2v) is 8.98. The number of allylic oxidation sites excluding steroid dienone is 2. The fraction of sp³-hybridized carbons (Fsp3) is 0.455. The molecule has 1 aliphatic heterocycles. The van der Waals surface area contributed by atoms with Crippen molar-refractivity contribution in [1.82, 2.24) is 4.90 Å². The number of hydrogen-bond donors (Lipinski definition) is 0. The van der Waals surface area contributed by atoms with Gasteiger partial charge >= 0.3 is 41.5 Å². The van der Waals surface area contributed by atoms with Gasteiger partial charge in [0.1, 0.15) is 15.5 Å². The van der Waals surface area contributed by atoms with Gasteiger partial charge in [0, 0.05) is 23.5 Å². The molecule has 1 aliphatic rings. The molecule has 0 spiro atoms. The van der Waals surface area contributed by atoms with Gasteiger partial charge in [0.05, 0.1) is 35.2 Å². The second-order valence-electron chi connectivity index (χ2n) is 7.45. The number of carbonyl (C=O) groups is 2. The summed E-state index contributed by atoms with van der Waals surface area (Å²) in [5, 5.41) is 9.78. The predicted molar refractivity (Wildman–Crippen MR) is 120 cm³/mol. The SMILES string of the molecule is CCOC(=O)C1=C(C)N(C(CC)S(=O)(=O)[O-])C(C)=C(C(=O)OCC)C1c1cccc([N+](=O)[O-])c1.[Na+]. The number of benzene rings is 1. The van der Waals surface area contributed by atoms with Gasteiger partial charge in [-0.1, -0.05) is 19.1 Å². The van der Waals surface area contributed by atoms with Crippen molar-refractivity contribution in [2.24, 2.45) is 0 Å². The maximum atomic E-state index is 13.1. The number of carbonyl (C=O) groups excluding carboxylic acids is 2. The van der Waals surface area contributed by atoms with Crippen LogP contribution in [0.15, 0.2) is 46.8 Å². The molecule has 1 unspecified atom stereocenters. The molecule has 11 nitrogen and oxygen atoms in total. The van der Waals surface area contributed by atoms with Crippen LogP contribution in [0.25, 0.3) is 0 Å². The average Bonchev–Trinajstić information content (AvgIpc) is 2.75. The first-order chi connectivity index (χ1) is 15.9. The van der Waals surface area contributed by atoms with Crippen LogP contribution in [0.4, 0.5) is 5.69 Å². The zero-order chi connectivity index (χ0) is 25.8. The molecule has 0 N–H and O–H groups in total. The Kier molecular flexibility index (Phi) is 11.1. The first-order valence-corrected chi connectivity index (χ1v) is 12.1. The summed E-state index contributed by atoms with van der Waals surface area (Å²) in [5.74, 6) is -2.86. The van der Waals surface area contributed by atoms with Gasteiger partial charge in [0.2, 0.25) is 0 Å². The molecular formula is C22H27N2NaO9S. The molecule has 0 saturated heterocycles. The van der Waals surface area contributed by atoms with Crippen LogP contribution in [0.3, 0.4) is 0 Å². The van der Waals surface area contributed by atoms with Crippen molar-refractivity contribution in [2.75, 3.05) is 13.2 Å². The van der Waals surface area contributed by atoms with Gasteiger partial charge in [-0.05, 0) is 39.7 Å². The van der Waals surface area contributed by atoms with E-state index in [0.717, 1.165) is 4.90 Å². The first-order valence-electron chi connectivity index (χ1n) is 10.6. The summed E-state index contributed by atoms with van der Waals surface area (Å²) in [4.78, 5) is 38.1. The summed E-state index contributed by atoms with van der Waals surface area (Å²) in [6.45, 7) is 7.47. The monoisotopic (exact) mass is 518 g/mol. The summed E-state index contributed by atoms with van der Waals surface area (Å²) in [7, 11) is -4.89. The van der Waals surface area contributed by atoms with Crippen LogP contribution in [0.5, 0.6) is 0 Å². The molecule has 0 aromatic heterocycles. The Morgan fingerprint density at radius 3 is 1.91 bits per heavy atom. The molecule has 186 valence electrons. The number of ether oxygens (including phenoxy) is 2. The van der Waals surface area contributed by atoms with Gasteiger partial charge in [-0.25, -0.2) is 18.0 Å². The average molecular weight is 519 g/mol. The van der Waals surface area contributed by atoms with Crippen molar-refractivity contribution in [3.63, 3.8) is 0 Å². The topological polar surface area (TPSA) is 156 Å². The van der Waals surface area contributed by atoms with E-state index in [-0.39, 0.29) is 83.0 Å². The van der Waals surface area contributed by atoms with E-state index < -0.39 is 38.3 Å². The number of hydrogen-bond acceptors (Lipinski definition) is 10. The smallest absolute Gasteiger partial charge is 0.746 e. The summed E-state index contributed by atoms with van der Waals surface area (Å²) in [6, 6.07) is 5.40. The van der Waals surface area contributed by atoms with E-state index in [9.17, 15) is 32.7 Å². The van der Waals surface area contributed by atoms with Crippen LogP contribution in [0.1, 0.15) is 52.5 Å². The maximum absolute atomic E-state index is 13.1. The van der Waals surface area contributed by atoms with Crippen LogP contribution in [0.2, 0.25) is 0 Å². The minimum Gasteiger partial charge on any atom is -0.746 e. The van der Waals surface area contributed by atoms with E-state index >= 15 is 0 Å². The molecule has 1 aromatic rings. The van der Waals surface area contributed by atoms with Gasteiger partial charge in [0.25, 0.3) is 5.69 Å². The minimum atomic E-state index is -4.89. The fourth-order valence-corrected chi connectivity index (χ4v) is 5.10. The zero-order valence-corrected chi connectivity index (χ0v) is 23.4. The molecule has 1 aromatic carbocycles. The third kappa shape index (κ3) is 6.50. The zero-order valence-electron chi connectivity index (χ0n) is 20.6. The van der Waals surface area contributed by atoms with Crippen molar-refractivity contribution < 1.29 is 66.5 Å². The summed E-state index contributed by atoms with van der Waals surface area (Å²) < 4.78 is 46.6. The molecule has 13 heteroatoms. The Balaban J connectivity index is 0.00000612. The Bertz CT molecular complexity index is 1120. The molecule has 0 saturated carbocycles. The van der Waals surface area contributed by atoms with Gasteiger partial charge in [-0.2, -0.15) is 0 Å². The second kappa shape index (κ2) is 12.6. The van der Waals surface area contributed by atoms with Gasteiger partial charge in [-0.3, -0.25) is 10.1 Å². The molecule has 0 radical (unpaired) electrons. The molecule has 1 atom stereocenters. The van der Waals surface area contributed by atoms with E-state index in [0.29, 0.717) is 0 Å². The molecule has 0 amide bonds. The van der Waals surface area contributed by atoms with Crippen LogP contribution in [-0.4, -0.2) is 53.3 Å². The molecule has 0 aliphatic carbocycles. The number of rotatable bonds is 9. The summed E-state index contributed by atoms with van der Waals surface area (Å²) in [5.41, 5.74) is -0.0818. The third-order valence-electron chi connectivity index (χ3n) is 5.46. The van der Waals surface area contributed by atoms with Crippen molar-refractivity contribution in [2.45, 2.75) is 52.3 Å². The molecule has 1 heterocycles. The number of nitro groups is 1. The van der Waals surface area contributed by atoms with Gasteiger partial charge < -0.3 is 18.9 Å². The summed E-state index contributed by atoms with van der Waals surface area (Å²) in [6.07, 6.45) is -0.131. The maximum Gasteiger partial charge on any atom is 1.00 e. The van der Waals surface area contributed by atoms with Crippen LogP contribution >= 0.6 is 0 Å². The molecule has 35 heavy (non-hydrogen) atoms. The van der Waals surface area contributed by atoms with Crippen molar-refractivity contribution in [3.05, 3.63) is 62.5 Å². The Morgan fingerprint density at radius 2 is 1.54 bits per heavy atom. The van der Waals surface area contributed by atoms with E-state index in [2.05, 4.69) is 0 Å². The third-order valence-corrected chi connectivity index (χ3v) is 6.67. The minimum absolute atomic E-state index is 0. The number of non-ortho nitro benzene ring substituents is 1.